The molecule has 0 amide bonds. The molecule has 4 rings (SSSR count). The van der Waals surface area contributed by atoms with Gasteiger partial charge in [0.15, 0.2) is 6.10 Å². The standard InChI is InChI=1S/C12H13N3O2.C8H16O7/c16-9-7-8(13-1-2-13)12(17)11(15-5-6-15)10(9)14-3-4-14;1-2-15-7(8(13)14)6(12)5(11)4(10)3-9/h7H,1-6H2;4-7,9-12H,2-3H2,1H3,(H,13,14). The summed E-state index contributed by atoms with van der Waals surface area (Å²) in [5.74, 6) is -1.40. The van der Waals surface area contributed by atoms with Crippen molar-refractivity contribution in [2.24, 2.45) is 0 Å². The normalized spacial score (nSPS) is 23.2. The van der Waals surface area contributed by atoms with Crippen molar-refractivity contribution in [2.75, 3.05) is 52.5 Å². The first-order valence-corrected chi connectivity index (χ1v) is 10.5. The van der Waals surface area contributed by atoms with E-state index in [-0.39, 0.29) is 18.2 Å². The molecule has 0 aromatic carbocycles. The van der Waals surface area contributed by atoms with Gasteiger partial charge in [-0.15, -0.1) is 0 Å². The Bertz CT molecular complexity index is 815. The van der Waals surface area contributed by atoms with Crippen LogP contribution in [0.15, 0.2) is 23.2 Å². The second kappa shape index (κ2) is 9.96. The fourth-order valence-corrected chi connectivity index (χ4v) is 3.29. The van der Waals surface area contributed by atoms with E-state index >= 15 is 0 Å². The predicted molar refractivity (Wildman–Crippen MR) is 108 cm³/mol. The number of ether oxygens (including phenoxy) is 1. The number of hydrogen-bond donors (Lipinski definition) is 5. The van der Waals surface area contributed by atoms with Gasteiger partial charge >= 0.3 is 5.97 Å². The lowest BCUT2D eigenvalue weighted by molar-refractivity contribution is -0.171. The molecule has 0 bridgehead atoms. The van der Waals surface area contributed by atoms with Crippen LogP contribution in [0.1, 0.15) is 6.92 Å². The van der Waals surface area contributed by atoms with E-state index in [9.17, 15) is 24.6 Å². The smallest absolute Gasteiger partial charge is 0.335 e. The number of aliphatic hydroxyl groups excluding tert-OH is 4. The van der Waals surface area contributed by atoms with Gasteiger partial charge in [-0.05, 0) is 6.92 Å². The Balaban J connectivity index is 0.000000183. The van der Waals surface area contributed by atoms with Crippen LogP contribution in [0.5, 0.6) is 0 Å². The summed E-state index contributed by atoms with van der Waals surface area (Å²) in [5, 5.41) is 44.7. The zero-order valence-corrected chi connectivity index (χ0v) is 17.8. The van der Waals surface area contributed by atoms with Gasteiger partial charge in [-0.3, -0.25) is 9.59 Å². The molecule has 0 spiro atoms. The molecule has 4 aliphatic rings. The highest BCUT2D eigenvalue weighted by Gasteiger charge is 2.43. The van der Waals surface area contributed by atoms with Crippen LogP contribution in [0.4, 0.5) is 0 Å². The number of carbonyl (C=O) groups is 3. The fourth-order valence-electron chi connectivity index (χ4n) is 3.29. The van der Waals surface area contributed by atoms with Gasteiger partial charge in [0, 0.05) is 52.0 Å². The predicted octanol–water partition coefficient (Wildman–Crippen LogP) is -3.27. The van der Waals surface area contributed by atoms with Crippen molar-refractivity contribution < 1.29 is 44.7 Å². The van der Waals surface area contributed by atoms with E-state index in [1.807, 2.05) is 14.7 Å². The van der Waals surface area contributed by atoms with Gasteiger partial charge in [0.25, 0.3) is 0 Å². The van der Waals surface area contributed by atoms with Crippen molar-refractivity contribution in [3.63, 3.8) is 0 Å². The van der Waals surface area contributed by atoms with Crippen molar-refractivity contribution in [2.45, 2.75) is 31.3 Å². The number of ketones is 2. The minimum Gasteiger partial charge on any atom is -0.479 e. The summed E-state index contributed by atoms with van der Waals surface area (Å²) in [6.07, 6.45) is -5.29. The van der Waals surface area contributed by atoms with Crippen molar-refractivity contribution >= 4 is 17.5 Å². The van der Waals surface area contributed by atoms with Crippen molar-refractivity contribution in [3.8, 4) is 0 Å². The molecular weight excluding hydrogens is 426 g/mol. The molecule has 12 nitrogen and oxygen atoms in total. The average molecular weight is 455 g/mol. The second-order valence-corrected chi connectivity index (χ2v) is 7.83. The SMILES string of the molecule is CCOC(C(=O)O)C(O)C(O)C(O)CO.O=C1C=C(N2CC2)C(=O)C(N2CC2)=C1N1CC1. The zero-order chi connectivity index (χ0) is 23.6. The minimum atomic E-state index is -1.80. The quantitative estimate of drug-likeness (QED) is 0.165. The Morgan fingerprint density at radius 3 is 1.94 bits per heavy atom. The molecule has 1 aliphatic carbocycles. The first-order chi connectivity index (χ1) is 15.2. The summed E-state index contributed by atoms with van der Waals surface area (Å²) < 4.78 is 4.68. The Morgan fingerprint density at radius 1 is 0.969 bits per heavy atom. The summed E-state index contributed by atoms with van der Waals surface area (Å²) >= 11 is 0. The molecule has 4 atom stereocenters. The van der Waals surface area contributed by atoms with Gasteiger partial charge in [-0.25, -0.2) is 4.79 Å². The molecule has 178 valence electrons. The molecular formula is C20H29N3O9. The molecule has 0 aromatic heterocycles. The third-order valence-corrected chi connectivity index (χ3v) is 5.32. The molecule has 3 fully saturated rings. The number of allylic oxidation sites excluding steroid dienone is 1. The van der Waals surface area contributed by atoms with E-state index in [4.69, 9.17) is 15.3 Å². The van der Waals surface area contributed by atoms with Crippen LogP contribution in [-0.2, 0) is 19.1 Å². The molecule has 0 aromatic rings. The third-order valence-electron chi connectivity index (χ3n) is 5.32. The number of carbonyl (C=O) groups excluding carboxylic acids is 2. The van der Waals surface area contributed by atoms with Crippen molar-refractivity contribution in [1.82, 2.24) is 14.7 Å². The van der Waals surface area contributed by atoms with Crippen LogP contribution >= 0.6 is 0 Å². The van der Waals surface area contributed by atoms with E-state index in [0.717, 1.165) is 39.3 Å². The summed E-state index contributed by atoms with van der Waals surface area (Å²) in [7, 11) is 0. The number of hydrogen-bond acceptors (Lipinski definition) is 11. The lowest BCUT2D eigenvalue weighted by atomic mass is 10.0. The molecule has 3 aliphatic heterocycles. The average Bonchev–Trinajstić information content (AvgIpc) is 3.61. The van der Waals surface area contributed by atoms with Gasteiger partial charge in [-0.2, -0.15) is 0 Å². The number of aliphatic carboxylic acids is 1. The van der Waals surface area contributed by atoms with E-state index in [2.05, 4.69) is 4.74 Å². The Kier molecular flexibility index (Phi) is 7.51. The number of carboxylic acids is 1. The maximum absolute atomic E-state index is 12.4. The van der Waals surface area contributed by atoms with Crippen LogP contribution in [0.3, 0.4) is 0 Å². The summed E-state index contributed by atoms with van der Waals surface area (Å²) in [5.41, 5.74) is 1.89. The van der Waals surface area contributed by atoms with Gasteiger partial charge < -0.3 is 45.0 Å². The fraction of sp³-hybridized carbons (Fsp3) is 0.650. The van der Waals surface area contributed by atoms with Crippen LogP contribution in [0.25, 0.3) is 0 Å². The highest BCUT2D eigenvalue weighted by molar-refractivity contribution is 6.22. The monoisotopic (exact) mass is 455 g/mol. The lowest BCUT2D eigenvalue weighted by Crippen LogP contribution is -2.49. The van der Waals surface area contributed by atoms with Crippen LogP contribution in [0, 0.1) is 0 Å². The van der Waals surface area contributed by atoms with Crippen LogP contribution in [-0.4, -0.2) is 135 Å². The lowest BCUT2D eigenvalue weighted by Gasteiger charge is -2.25. The van der Waals surface area contributed by atoms with Gasteiger partial charge in [0.05, 0.1) is 12.3 Å². The van der Waals surface area contributed by atoms with E-state index < -0.39 is 37.0 Å². The second-order valence-electron chi connectivity index (χ2n) is 7.83. The molecule has 4 unspecified atom stereocenters. The highest BCUT2D eigenvalue weighted by Crippen LogP contribution is 2.33. The molecule has 0 radical (unpaired) electrons. The van der Waals surface area contributed by atoms with E-state index in [1.165, 1.54) is 13.0 Å². The highest BCUT2D eigenvalue weighted by atomic mass is 16.5. The van der Waals surface area contributed by atoms with E-state index in [0.29, 0.717) is 17.1 Å². The Labute approximate surface area is 184 Å². The Hall–Kier alpha value is -2.51. The van der Waals surface area contributed by atoms with Gasteiger partial charge in [0.1, 0.15) is 29.7 Å². The molecule has 5 N–H and O–H groups in total. The van der Waals surface area contributed by atoms with Crippen LogP contribution < -0.4 is 0 Å². The molecule has 3 saturated heterocycles. The van der Waals surface area contributed by atoms with Gasteiger partial charge in [0.2, 0.25) is 11.6 Å². The van der Waals surface area contributed by atoms with Gasteiger partial charge in [-0.1, -0.05) is 0 Å². The third kappa shape index (κ3) is 5.45. The molecule has 0 saturated carbocycles. The van der Waals surface area contributed by atoms with Crippen molar-refractivity contribution in [1.29, 1.82) is 0 Å². The number of nitrogens with zero attached hydrogens (tertiary/aromatic N) is 3. The minimum absolute atomic E-state index is 0.00546. The number of aliphatic hydroxyl groups is 4. The summed E-state index contributed by atoms with van der Waals surface area (Å²) in [6, 6.07) is 0. The molecule has 3 heterocycles. The van der Waals surface area contributed by atoms with Crippen molar-refractivity contribution in [3.05, 3.63) is 23.2 Å². The summed E-state index contributed by atoms with van der Waals surface area (Å²) in [4.78, 5) is 41.1. The maximum Gasteiger partial charge on any atom is 0.335 e. The maximum atomic E-state index is 12.4. The zero-order valence-electron chi connectivity index (χ0n) is 17.8. The number of carboxylic acid groups (broad SMARTS) is 1. The Morgan fingerprint density at radius 2 is 1.50 bits per heavy atom. The molecule has 32 heavy (non-hydrogen) atoms. The van der Waals surface area contributed by atoms with E-state index in [1.54, 1.807) is 0 Å². The largest absolute Gasteiger partial charge is 0.479 e. The molecule has 12 heteroatoms. The first-order valence-electron chi connectivity index (χ1n) is 10.5. The number of rotatable bonds is 10. The first kappa shape index (κ1) is 24.1. The van der Waals surface area contributed by atoms with Crippen LogP contribution in [0.2, 0.25) is 0 Å². The number of Topliss-reactive ketones (excluding diaryl/α,β-unsaturated/α-hetero) is 1. The topological polar surface area (TPSA) is 171 Å². The summed E-state index contributed by atoms with van der Waals surface area (Å²) in [6.45, 7) is 6.19.